The molecule has 0 unspecified atom stereocenters. The first kappa shape index (κ1) is 26.5. The molecule has 0 spiro atoms. The van der Waals surface area contributed by atoms with E-state index in [1.165, 1.54) is 24.3 Å². The fourth-order valence-corrected chi connectivity index (χ4v) is 5.15. The van der Waals surface area contributed by atoms with Gasteiger partial charge in [-0.05, 0) is 37.3 Å². The van der Waals surface area contributed by atoms with Gasteiger partial charge in [0.2, 0.25) is 0 Å². The van der Waals surface area contributed by atoms with Crippen molar-refractivity contribution in [3.8, 4) is 11.8 Å². The molecule has 1 saturated carbocycles. The number of carbonyl (C=O) groups excluding carboxylic acids is 3. The highest BCUT2D eigenvalue weighted by atomic mass is 16.5. The van der Waals surface area contributed by atoms with Crippen molar-refractivity contribution in [2.75, 3.05) is 37.5 Å². The summed E-state index contributed by atoms with van der Waals surface area (Å²) in [4.78, 5) is 49.6. The van der Waals surface area contributed by atoms with E-state index in [1.807, 2.05) is 6.07 Å². The summed E-state index contributed by atoms with van der Waals surface area (Å²) in [5.41, 5.74) is 1.90. The Balaban J connectivity index is 1.34. The van der Waals surface area contributed by atoms with Gasteiger partial charge in [-0.1, -0.05) is 0 Å². The number of fused-ring (bicyclic) bond motifs is 1. The Morgan fingerprint density at radius 1 is 1.21 bits per heavy atom. The lowest BCUT2D eigenvalue weighted by Crippen LogP contribution is -2.42. The second-order valence-corrected chi connectivity index (χ2v) is 9.78. The maximum Gasteiger partial charge on any atom is 0.328 e. The summed E-state index contributed by atoms with van der Waals surface area (Å²) in [5.74, 6) is 0.838. The van der Waals surface area contributed by atoms with E-state index >= 15 is 0 Å². The molecule has 39 heavy (non-hydrogen) atoms. The first-order valence-electron chi connectivity index (χ1n) is 12.9. The normalized spacial score (nSPS) is 22.1. The molecular formula is C27H30N6O6. The summed E-state index contributed by atoms with van der Waals surface area (Å²) in [7, 11) is 3.13. The van der Waals surface area contributed by atoms with Crippen LogP contribution in [0, 0.1) is 11.3 Å². The largest absolute Gasteiger partial charge is 0.486 e. The molecule has 204 valence electrons. The molecule has 12 heteroatoms. The van der Waals surface area contributed by atoms with E-state index in [-0.39, 0.29) is 41.7 Å². The number of nitriles is 1. The van der Waals surface area contributed by atoms with Gasteiger partial charge in [0.05, 0.1) is 12.3 Å². The average molecular weight is 535 g/mol. The molecule has 1 aliphatic carbocycles. The van der Waals surface area contributed by atoms with E-state index in [9.17, 15) is 19.6 Å². The van der Waals surface area contributed by atoms with Crippen molar-refractivity contribution in [1.82, 2.24) is 14.9 Å². The van der Waals surface area contributed by atoms with E-state index in [2.05, 4.69) is 21.4 Å². The molecule has 0 bridgehead atoms. The molecule has 2 aromatic rings. The highest BCUT2D eigenvalue weighted by Crippen LogP contribution is 2.32. The molecule has 2 fully saturated rings. The molecule has 2 aromatic heterocycles. The quantitative estimate of drug-likeness (QED) is 0.504. The van der Waals surface area contributed by atoms with Crippen LogP contribution in [0.5, 0.6) is 5.75 Å². The minimum absolute atomic E-state index is 0.0411. The lowest BCUT2D eigenvalue weighted by molar-refractivity contribution is -0.136. The molecule has 0 radical (unpaired) electrons. The van der Waals surface area contributed by atoms with E-state index in [0.29, 0.717) is 55.8 Å². The van der Waals surface area contributed by atoms with Crippen LogP contribution in [-0.4, -0.2) is 78.7 Å². The maximum atomic E-state index is 13.3. The predicted octanol–water partition coefficient (Wildman–Crippen LogP) is 2.45. The third kappa shape index (κ3) is 5.28. The lowest BCUT2D eigenvalue weighted by Gasteiger charge is -2.35. The SMILES string of the molecule is CO[C@H]1CCN(Cc2cc3c(nc2C=O)N(C(=O)Nc2cc(O[C@@H]4CC[C@@H]4OC)c(C#N)cn2)CCC3)C1=O. The van der Waals surface area contributed by atoms with Crippen molar-refractivity contribution in [1.29, 1.82) is 5.26 Å². The van der Waals surface area contributed by atoms with E-state index in [0.717, 1.165) is 18.4 Å². The molecule has 1 N–H and O–H groups in total. The molecule has 4 heterocycles. The molecule has 5 rings (SSSR count). The Labute approximate surface area is 225 Å². The number of aryl methyl sites for hydroxylation is 1. The molecular weight excluding hydrogens is 504 g/mol. The van der Waals surface area contributed by atoms with Crippen LogP contribution in [0.2, 0.25) is 0 Å². The van der Waals surface area contributed by atoms with Crippen molar-refractivity contribution in [3.05, 3.63) is 40.7 Å². The first-order chi connectivity index (χ1) is 18.9. The average Bonchev–Trinajstić information content (AvgIpc) is 3.29. The van der Waals surface area contributed by atoms with Crippen LogP contribution >= 0.6 is 0 Å². The van der Waals surface area contributed by atoms with Gasteiger partial charge in [-0.15, -0.1) is 0 Å². The number of nitrogens with zero attached hydrogens (tertiary/aromatic N) is 5. The summed E-state index contributed by atoms with van der Waals surface area (Å²) in [6.07, 6.45) is 5.00. The van der Waals surface area contributed by atoms with E-state index < -0.39 is 12.1 Å². The number of ether oxygens (including phenoxy) is 3. The van der Waals surface area contributed by atoms with Crippen LogP contribution in [0.1, 0.15) is 52.9 Å². The number of aldehydes is 1. The fourth-order valence-electron chi connectivity index (χ4n) is 5.15. The fraction of sp³-hybridized carbons (Fsp3) is 0.481. The van der Waals surface area contributed by atoms with Crippen molar-refractivity contribution < 1.29 is 28.6 Å². The zero-order valence-corrected chi connectivity index (χ0v) is 21.9. The van der Waals surface area contributed by atoms with Crippen molar-refractivity contribution in [3.63, 3.8) is 0 Å². The third-order valence-corrected chi connectivity index (χ3v) is 7.48. The number of nitrogens with one attached hydrogen (secondary N) is 1. The monoisotopic (exact) mass is 534 g/mol. The molecule has 1 saturated heterocycles. The molecule has 3 atom stereocenters. The van der Waals surface area contributed by atoms with Crippen LogP contribution in [0.3, 0.4) is 0 Å². The van der Waals surface area contributed by atoms with E-state index in [4.69, 9.17) is 14.2 Å². The van der Waals surface area contributed by atoms with Gasteiger partial charge >= 0.3 is 6.03 Å². The van der Waals surface area contributed by atoms with Gasteiger partial charge in [0, 0.05) is 51.9 Å². The third-order valence-electron chi connectivity index (χ3n) is 7.48. The number of methoxy groups -OCH3 is 2. The predicted molar refractivity (Wildman–Crippen MR) is 139 cm³/mol. The van der Waals surface area contributed by atoms with Gasteiger partial charge < -0.3 is 19.1 Å². The summed E-state index contributed by atoms with van der Waals surface area (Å²) in [6.45, 7) is 1.19. The number of hydrogen-bond acceptors (Lipinski definition) is 9. The highest BCUT2D eigenvalue weighted by molar-refractivity contribution is 6.01. The molecule has 3 amide bonds. The van der Waals surface area contributed by atoms with Gasteiger partial charge in [0.15, 0.2) is 6.29 Å². The summed E-state index contributed by atoms with van der Waals surface area (Å²) in [5, 5.41) is 12.2. The van der Waals surface area contributed by atoms with Crippen LogP contribution in [0.25, 0.3) is 0 Å². The number of hydrogen-bond donors (Lipinski definition) is 1. The standard InChI is InChI=1S/C27H30N6O6/c1-37-20-5-6-21(20)39-23-11-24(29-13-18(23)12-28)31-27(36)33-8-3-4-16-10-17(19(15-34)30-25(16)33)14-32-9-7-22(38-2)26(32)35/h10-11,13,15,20-22H,3-9,14H2,1-2H3,(H,29,31,36)/t20-,21+,22-/m0/s1. The molecule has 3 aliphatic rings. The first-order valence-corrected chi connectivity index (χ1v) is 12.9. The summed E-state index contributed by atoms with van der Waals surface area (Å²) >= 11 is 0. The van der Waals surface area contributed by atoms with E-state index in [1.54, 1.807) is 12.0 Å². The van der Waals surface area contributed by atoms with Gasteiger partial charge in [0.25, 0.3) is 5.91 Å². The number of urea groups is 1. The number of likely N-dealkylation sites (tertiary alicyclic amines) is 1. The molecule has 0 aromatic carbocycles. The van der Waals surface area contributed by atoms with Crippen LogP contribution in [0.4, 0.5) is 16.4 Å². The zero-order chi connectivity index (χ0) is 27.5. The number of anilines is 2. The van der Waals surface area contributed by atoms with Crippen molar-refractivity contribution in [2.45, 2.75) is 57.0 Å². The topological polar surface area (TPSA) is 147 Å². The second kappa shape index (κ2) is 11.3. The Kier molecular flexibility index (Phi) is 7.72. The lowest BCUT2D eigenvalue weighted by atomic mass is 9.92. The Morgan fingerprint density at radius 2 is 2.03 bits per heavy atom. The number of carbonyl (C=O) groups is 3. The summed E-state index contributed by atoms with van der Waals surface area (Å²) < 4.78 is 16.6. The van der Waals surface area contributed by atoms with Gasteiger partial charge in [-0.3, -0.25) is 19.8 Å². The molecule has 2 aliphatic heterocycles. The Hall–Kier alpha value is -4.08. The maximum absolute atomic E-state index is 13.3. The second-order valence-electron chi connectivity index (χ2n) is 9.78. The molecule has 12 nitrogen and oxygen atoms in total. The Morgan fingerprint density at radius 3 is 2.69 bits per heavy atom. The number of amides is 3. The van der Waals surface area contributed by atoms with Crippen LogP contribution in [0.15, 0.2) is 18.3 Å². The number of pyridine rings is 2. The number of aromatic nitrogens is 2. The minimum Gasteiger partial charge on any atom is -0.486 e. The minimum atomic E-state index is -0.466. The highest BCUT2D eigenvalue weighted by Gasteiger charge is 2.34. The van der Waals surface area contributed by atoms with Gasteiger partial charge in [-0.25, -0.2) is 14.8 Å². The van der Waals surface area contributed by atoms with Crippen LogP contribution < -0.4 is 15.0 Å². The van der Waals surface area contributed by atoms with Gasteiger partial charge in [0.1, 0.15) is 46.9 Å². The van der Waals surface area contributed by atoms with Crippen molar-refractivity contribution >= 4 is 29.9 Å². The summed E-state index contributed by atoms with van der Waals surface area (Å²) in [6, 6.07) is 4.98. The van der Waals surface area contributed by atoms with Crippen LogP contribution in [-0.2, 0) is 27.2 Å². The van der Waals surface area contributed by atoms with Gasteiger partial charge in [-0.2, -0.15) is 5.26 Å². The zero-order valence-electron chi connectivity index (χ0n) is 21.9. The van der Waals surface area contributed by atoms with Crippen molar-refractivity contribution in [2.24, 2.45) is 0 Å². The number of rotatable bonds is 8. The Bertz CT molecular complexity index is 1320. The smallest absolute Gasteiger partial charge is 0.328 e.